The zero-order chi connectivity index (χ0) is 15.2. The van der Waals surface area contributed by atoms with Crippen LogP contribution in [-0.2, 0) is 0 Å². The molecule has 0 spiro atoms. The monoisotopic (exact) mass is 298 g/mol. The van der Waals surface area contributed by atoms with Crippen LogP contribution in [0.4, 0.5) is 8.78 Å². The SMILES string of the molecule is O=C(CCN1CCN(CCO)CC1)c1cc(F)cc(F)c1. The molecule has 0 bridgehead atoms. The Hall–Kier alpha value is -1.37. The van der Waals surface area contributed by atoms with Crippen LogP contribution in [0.25, 0.3) is 0 Å². The van der Waals surface area contributed by atoms with E-state index < -0.39 is 11.6 Å². The van der Waals surface area contributed by atoms with Gasteiger partial charge in [-0.05, 0) is 12.1 Å². The summed E-state index contributed by atoms with van der Waals surface area (Å²) in [6, 6.07) is 2.91. The third kappa shape index (κ3) is 4.84. The van der Waals surface area contributed by atoms with Crippen molar-refractivity contribution in [2.24, 2.45) is 0 Å². The fraction of sp³-hybridized carbons (Fsp3) is 0.533. The summed E-state index contributed by atoms with van der Waals surface area (Å²) in [4.78, 5) is 16.3. The molecular formula is C15H20F2N2O2. The molecule has 1 aromatic rings. The summed E-state index contributed by atoms with van der Waals surface area (Å²) in [5, 5.41) is 8.87. The van der Waals surface area contributed by atoms with Crippen LogP contribution >= 0.6 is 0 Å². The number of aliphatic hydroxyl groups is 1. The topological polar surface area (TPSA) is 43.8 Å². The summed E-state index contributed by atoms with van der Waals surface area (Å²) < 4.78 is 26.1. The first kappa shape index (κ1) is 16.0. The van der Waals surface area contributed by atoms with Crippen LogP contribution in [0, 0.1) is 11.6 Å². The number of halogens is 2. The number of ketones is 1. The predicted octanol–water partition coefficient (Wildman–Crippen LogP) is 1.15. The van der Waals surface area contributed by atoms with E-state index >= 15 is 0 Å². The Labute approximate surface area is 123 Å². The van der Waals surface area contributed by atoms with E-state index in [1.165, 1.54) is 0 Å². The highest BCUT2D eigenvalue weighted by Crippen LogP contribution is 2.11. The van der Waals surface area contributed by atoms with E-state index in [0.29, 0.717) is 13.1 Å². The number of nitrogens with zero attached hydrogens (tertiary/aromatic N) is 2. The predicted molar refractivity (Wildman–Crippen MR) is 75.3 cm³/mol. The molecule has 1 saturated heterocycles. The zero-order valence-electron chi connectivity index (χ0n) is 11.9. The van der Waals surface area contributed by atoms with Crippen molar-refractivity contribution in [1.82, 2.24) is 9.80 Å². The number of benzene rings is 1. The molecule has 0 aromatic heterocycles. The number of β-amino-alcohol motifs (C(OH)–C–C–N with tert-alkyl or cyclic N) is 1. The van der Waals surface area contributed by atoms with Crippen LogP contribution < -0.4 is 0 Å². The van der Waals surface area contributed by atoms with Gasteiger partial charge in [0.1, 0.15) is 11.6 Å². The van der Waals surface area contributed by atoms with Crippen LogP contribution in [-0.4, -0.2) is 66.6 Å². The fourth-order valence-electron chi connectivity index (χ4n) is 2.50. The van der Waals surface area contributed by atoms with Crippen LogP contribution in [0.1, 0.15) is 16.8 Å². The maximum Gasteiger partial charge on any atom is 0.164 e. The molecular weight excluding hydrogens is 278 g/mol. The average Bonchev–Trinajstić information content (AvgIpc) is 2.45. The van der Waals surface area contributed by atoms with E-state index in [2.05, 4.69) is 9.80 Å². The largest absolute Gasteiger partial charge is 0.395 e. The highest BCUT2D eigenvalue weighted by molar-refractivity contribution is 5.96. The average molecular weight is 298 g/mol. The minimum absolute atomic E-state index is 0.0893. The summed E-state index contributed by atoms with van der Waals surface area (Å²) in [6.45, 7) is 4.82. The summed E-state index contributed by atoms with van der Waals surface area (Å²) in [5.41, 5.74) is 0.0893. The highest BCUT2D eigenvalue weighted by atomic mass is 19.1. The zero-order valence-corrected chi connectivity index (χ0v) is 11.9. The number of rotatable bonds is 6. The smallest absolute Gasteiger partial charge is 0.164 e. The third-order valence-electron chi connectivity index (χ3n) is 3.72. The number of aliphatic hydroxyl groups excluding tert-OH is 1. The molecule has 0 aliphatic carbocycles. The number of piperazine rings is 1. The summed E-state index contributed by atoms with van der Waals surface area (Å²) in [6.07, 6.45) is 0.253. The summed E-state index contributed by atoms with van der Waals surface area (Å²) in [7, 11) is 0. The molecule has 0 atom stereocenters. The lowest BCUT2D eigenvalue weighted by atomic mass is 10.1. The maximum absolute atomic E-state index is 13.1. The van der Waals surface area contributed by atoms with Gasteiger partial charge in [0.05, 0.1) is 6.61 Å². The number of hydrogen-bond acceptors (Lipinski definition) is 4. The minimum Gasteiger partial charge on any atom is -0.395 e. The lowest BCUT2D eigenvalue weighted by molar-refractivity contribution is 0.0906. The van der Waals surface area contributed by atoms with Crippen molar-refractivity contribution in [1.29, 1.82) is 0 Å². The van der Waals surface area contributed by atoms with Crippen molar-refractivity contribution in [3.63, 3.8) is 0 Å². The second-order valence-electron chi connectivity index (χ2n) is 5.24. The lowest BCUT2D eigenvalue weighted by Gasteiger charge is -2.34. The highest BCUT2D eigenvalue weighted by Gasteiger charge is 2.17. The molecule has 1 aromatic carbocycles. The second kappa shape index (κ2) is 7.59. The molecule has 6 heteroatoms. The Bertz CT molecular complexity index is 468. The summed E-state index contributed by atoms with van der Waals surface area (Å²) in [5.74, 6) is -1.70. The van der Waals surface area contributed by atoms with Gasteiger partial charge in [-0.1, -0.05) is 0 Å². The lowest BCUT2D eigenvalue weighted by Crippen LogP contribution is -2.47. The molecule has 1 aliphatic rings. The van der Waals surface area contributed by atoms with E-state index in [4.69, 9.17) is 5.11 Å². The molecule has 0 amide bonds. The van der Waals surface area contributed by atoms with Crippen molar-refractivity contribution in [2.75, 3.05) is 45.9 Å². The summed E-state index contributed by atoms with van der Waals surface area (Å²) >= 11 is 0. The minimum atomic E-state index is -0.726. The van der Waals surface area contributed by atoms with Crippen molar-refractivity contribution in [3.05, 3.63) is 35.4 Å². The standard InChI is InChI=1S/C15H20F2N2O2/c16-13-9-12(10-14(17)11-13)15(21)1-2-18-3-5-19(6-4-18)7-8-20/h9-11,20H,1-8H2. The van der Waals surface area contributed by atoms with E-state index in [0.717, 1.165) is 44.4 Å². The molecule has 0 saturated carbocycles. The van der Waals surface area contributed by atoms with E-state index in [1.54, 1.807) is 0 Å². The normalized spacial score (nSPS) is 17.1. The van der Waals surface area contributed by atoms with Crippen LogP contribution in [0.5, 0.6) is 0 Å². The van der Waals surface area contributed by atoms with Gasteiger partial charge >= 0.3 is 0 Å². The van der Waals surface area contributed by atoms with E-state index in [-0.39, 0.29) is 24.4 Å². The Morgan fingerprint density at radius 1 is 1.00 bits per heavy atom. The van der Waals surface area contributed by atoms with Gasteiger partial charge in [-0.2, -0.15) is 0 Å². The molecule has 1 N–H and O–H groups in total. The molecule has 1 heterocycles. The Morgan fingerprint density at radius 3 is 2.05 bits per heavy atom. The quantitative estimate of drug-likeness (QED) is 0.800. The molecule has 1 aliphatic heterocycles. The Kier molecular flexibility index (Phi) is 5.78. The van der Waals surface area contributed by atoms with Gasteiger partial charge in [-0.15, -0.1) is 0 Å². The molecule has 1 fully saturated rings. The fourth-order valence-corrected chi connectivity index (χ4v) is 2.50. The van der Waals surface area contributed by atoms with Gasteiger partial charge in [0, 0.05) is 57.3 Å². The van der Waals surface area contributed by atoms with Gasteiger partial charge in [0.2, 0.25) is 0 Å². The van der Waals surface area contributed by atoms with Crippen LogP contribution in [0.2, 0.25) is 0 Å². The van der Waals surface area contributed by atoms with E-state index in [1.807, 2.05) is 0 Å². The Balaban J connectivity index is 1.79. The molecule has 2 rings (SSSR count). The number of Topliss-reactive ketones (excluding diaryl/α,β-unsaturated/α-hetero) is 1. The second-order valence-corrected chi connectivity index (χ2v) is 5.24. The maximum atomic E-state index is 13.1. The third-order valence-corrected chi connectivity index (χ3v) is 3.72. The van der Waals surface area contributed by atoms with Crippen LogP contribution in [0.15, 0.2) is 18.2 Å². The van der Waals surface area contributed by atoms with Crippen LogP contribution in [0.3, 0.4) is 0 Å². The molecule has 0 unspecified atom stereocenters. The molecule has 0 radical (unpaired) electrons. The van der Waals surface area contributed by atoms with E-state index in [9.17, 15) is 13.6 Å². The number of hydrogen-bond donors (Lipinski definition) is 1. The number of carbonyl (C=O) groups excluding carboxylic acids is 1. The van der Waals surface area contributed by atoms with Crippen molar-refractivity contribution in [2.45, 2.75) is 6.42 Å². The first-order valence-electron chi connectivity index (χ1n) is 7.13. The van der Waals surface area contributed by atoms with Crippen molar-refractivity contribution in [3.8, 4) is 0 Å². The molecule has 4 nitrogen and oxygen atoms in total. The number of carbonyl (C=O) groups is 1. The van der Waals surface area contributed by atoms with Crippen molar-refractivity contribution >= 4 is 5.78 Å². The van der Waals surface area contributed by atoms with Crippen molar-refractivity contribution < 1.29 is 18.7 Å². The van der Waals surface area contributed by atoms with Gasteiger partial charge in [-0.3, -0.25) is 9.69 Å². The van der Waals surface area contributed by atoms with Gasteiger partial charge in [-0.25, -0.2) is 8.78 Å². The molecule has 21 heavy (non-hydrogen) atoms. The first-order valence-corrected chi connectivity index (χ1v) is 7.13. The van der Waals surface area contributed by atoms with Gasteiger partial charge < -0.3 is 10.0 Å². The van der Waals surface area contributed by atoms with Gasteiger partial charge in [0.25, 0.3) is 0 Å². The first-order chi connectivity index (χ1) is 10.1. The van der Waals surface area contributed by atoms with Gasteiger partial charge in [0.15, 0.2) is 5.78 Å². The Morgan fingerprint density at radius 2 is 1.52 bits per heavy atom. The molecule has 116 valence electrons.